The molecule has 0 aromatic heterocycles. The van der Waals surface area contributed by atoms with Crippen molar-refractivity contribution in [1.29, 1.82) is 5.26 Å². The molecular formula is C32H47NO2. The molecule has 7 atom stereocenters. The zero-order valence-corrected chi connectivity index (χ0v) is 23.3. The summed E-state index contributed by atoms with van der Waals surface area (Å²) in [5.74, 6) is 1.29. The van der Waals surface area contributed by atoms with E-state index in [-0.39, 0.29) is 45.2 Å². The van der Waals surface area contributed by atoms with E-state index in [1.807, 2.05) is 19.9 Å². The summed E-state index contributed by atoms with van der Waals surface area (Å²) in [7, 11) is 0. The average molecular weight is 478 g/mol. The maximum Gasteiger partial charge on any atom is 0.178 e. The predicted molar refractivity (Wildman–Crippen MR) is 141 cm³/mol. The van der Waals surface area contributed by atoms with Gasteiger partial charge in [-0.3, -0.25) is 9.59 Å². The topological polar surface area (TPSA) is 57.9 Å². The van der Waals surface area contributed by atoms with Crippen LogP contribution >= 0.6 is 0 Å². The molecular weight excluding hydrogens is 430 g/mol. The highest BCUT2D eigenvalue weighted by atomic mass is 16.1. The Labute approximate surface area is 213 Å². The van der Waals surface area contributed by atoms with Crippen molar-refractivity contribution < 1.29 is 9.59 Å². The summed E-state index contributed by atoms with van der Waals surface area (Å²) in [5.41, 5.74) is -0.478. The smallest absolute Gasteiger partial charge is 0.178 e. The molecule has 0 amide bonds. The van der Waals surface area contributed by atoms with Crippen LogP contribution in [0.2, 0.25) is 0 Å². The molecule has 4 aliphatic carbocycles. The normalized spacial score (nSPS) is 45.1. The van der Waals surface area contributed by atoms with Crippen LogP contribution in [-0.4, -0.2) is 11.6 Å². The predicted octanol–water partition coefficient (Wildman–Crippen LogP) is 7.86. The molecule has 3 nitrogen and oxygen atoms in total. The second-order valence-electron chi connectivity index (χ2n) is 14.6. The number of carbonyl (C=O) groups is 2. The van der Waals surface area contributed by atoms with Gasteiger partial charge in [-0.15, -0.1) is 6.58 Å². The van der Waals surface area contributed by atoms with E-state index in [1.165, 1.54) is 12.8 Å². The molecule has 0 spiro atoms. The van der Waals surface area contributed by atoms with Crippen LogP contribution in [0.4, 0.5) is 0 Å². The summed E-state index contributed by atoms with van der Waals surface area (Å²) in [4.78, 5) is 27.3. The van der Waals surface area contributed by atoms with Crippen molar-refractivity contribution in [3.05, 3.63) is 24.3 Å². The van der Waals surface area contributed by atoms with Crippen LogP contribution in [0.15, 0.2) is 24.3 Å². The Kier molecular flexibility index (Phi) is 6.35. The van der Waals surface area contributed by atoms with Crippen molar-refractivity contribution in [2.45, 2.75) is 106 Å². The number of fused-ring (bicyclic) bond motifs is 5. The Bertz CT molecular complexity index is 996. The minimum atomic E-state index is -0.578. The first-order valence-electron chi connectivity index (χ1n) is 14.0. The van der Waals surface area contributed by atoms with Gasteiger partial charge in [-0.1, -0.05) is 60.6 Å². The van der Waals surface area contributed by atoms with E-state index in [0.717, 1.165) is 38.5 Å². The summed E-state index contributed by atoms with van der Waals surface area (Å²) in [6, 6.07) is 2.22. The summed E-state index contributed by atoms with van der Waals surface area (Å²) < 4.78 is 0. The first-order valence-corrected chi connectivity index (χ1v) is 14.0. The molecule has 0 aliphatic heterocycles. The molecule has 3 saturated carbocycles. The molecule has 0 aromatic rings. The van der Waals surface area contributed by atoms with Gasteiger partial charge in [-0.05, 0) is 90.8 Å². The molecule has 0 aromatic carbocycles. The second-order valence-corrected chi connectivity index (χ2v) is 14.6. The van der Waals surface area contributed by atoms with Crippen LogP contribution in [-0.2, 0) is 9.59 Å². The largest absolute Gasteiger partial charge is 0.299 e. The molecule has 0 N–H and O–H groups in total. The van der Waals surface area contributed by atoms with E-state index in [4.69, 9.17) is 0 Å². The van der Waals surface area contributed by atoms with Gasteiger partial charge in [-0.25, -0.2) is 0 Å². The van der Waals surface area contributed by atoms with Crippen molar-refractivity contribution in [3.8, 4) is 6.07 Å². The van der Waals surface area contributed by atoms with Gasteiger partial charge in [0.05, 0.1) is 5.57 Å². The Morgan fingerprint density at radius 1 is 0.886 bits per heavy atom. The average Bonchev–Trinajstić information content (AvgIpc) is 2.78. The number of allylic oxidation sites excluding steroid dienone is 3. The van der Waals surface area contributed by atoms with E-state index < -0.39 is 5.41 Å². The van der Waals surface area contributed by atoms with E-state index in [0.29, 0.717) is 23.7 Å². The van der Waals surface area contributed by atoms with Gasteiger partial charge in [-0.2, -0.15) is 5.26 Å². The lowest BCUT2D eigenvalue weighted by molar-refractivity contribution is -0.190. The summed E-state index contributed by atoms with van der Waals surface area (Å²) in [5, 5.41) is 9.86. The molecule has 0 bridgehead atoms. The van der Waals surface area contributed by atoms with Crippen LogP contribution in [0.3, 0.4) is 0 Å². The van der Waals surface area contributed by atoms with Crippen LogP contribution in [0.25, 0.3) is 0 Å². The van der Waals surface area contributed by atoms with Crippen molar-refractivity contribution in [2.24, 2.45) is 50.7 Å². The molecule has 192 valence electrons. The fourth-order valence-corrected chi connectivity index (χ4v) is 9.43. The lowest BCUT2D eigenvalue weighted by Gasteiger charge is -2.68. The van der Waals surface area contributed by atoms with Gasteiger partial charge >= 0.3 is 0 Å². The molecule has 4 rings (SSSR count). The van der Waals surface area contributed by atoms with Crippen molar-refractivity contribution in [2.75, 3.05) is 0 Å². The van der Waals surface area contributed by atoms with E-state index in [9.17, 15) is 14.9 Å². The zero-order valence-electron chi connectivity index (χ0n) is 23.3. The summed E-state index contributed by atoms with van der Waals surface area (Å²) >= 11 is 0. The number of hydrogen-bond acceptors (Lipinski definition) is 3. The minimum Gasteiger partial charge on any atom is -0.299 e. The Hall–Kier alpha value is -1.69. The zero-order chi connectivity index (χ0) is 26.0. The first-order chi connectivity index (χ1) is 16.2. The molecule has 0 heterocycles. The third kappa shape index (κ3) is 3.81. The van der Waals surface area contributed by atoms with Crippen LogP contribution < -0.4 is 0 Å². The maximum atomic E-state index is 14.1. The monoisotopic (exact) mass is 477 g/mol. The third-order valence-corrected chi connectivity index (χ3v) is 12.0. The van der Waals surface area contributed by atoms with Crippen LogP contribution in [0.5, 0.6) is 0 Å². The van der Waals surface area contributed by atoms with E-state index in [1.54, 1.807) is 0 Å². The fourth-order valence-electron chi connectivity index (χ4n) is 9.43. The molecule has 3 fully saturated rings. The number of rotatable bonds is 1. The molecule has 0 saturated heterocycles. The quantitative estimate of drug-likeness (QED) is 0.361. The number of hydrogen-bond donors (Lipinski definition) is 0. The maximum absolute atomic E-state index is 14.1. The number of nitrogens with zero attached hydrogens (tertiary/aromatic N) is 1. The highest BCUT2D eigenvalue weighted by Gasteiger charge is 2.68. The Balaban J connectivity index is 1.83. The SMILES string of the molecule is C=C[C@H]1CCC(C)(C)CCC2C(=O)C[C@@H]3[C@@]4(C)C=C(C#N)C(=O)C(C)(C)C4CC[C@@]3(C)[C@]2(C)CC1. The van der Waals surface area contributed by atoms with Gasteiger partial charge in [0, 0.05) is 17.8 Å². The van der Waals surface area contributed by atoms with Gasteiger partial charge in [0.15, 0.2) is 5.78 Å². The molecule has 2 unspecified atom stereocenters. The van der Waals surface area contributed by atoms with Crippen LogP contribution in [0, 0.1) is 62.1 Å². The summed E-state index contributed by atoms with van der Waals surface area (Å²) in [6.45, 7) is 20.1. The number of nitriles is 1. The second kappa shape index (κ2) is 8.43. The molecule has 0 radical (unpaired) electrons. The number of Topliss-reactive ketones (excluding diaryl/α,β-unsaturated/α-hetero) is 2. The summed E-state index contributed by atoms with van der Waals surface area (Å²) in [6.07, 6.45) is 13.3. The van der Waals surface area contributed by atoms with Crippen LogP contribution in [0.1, 0.15) is 106 Å². The first kappa shape index (κ1) is 26.4. The highest BCUT2D eigenvalue weighted by molar-refractivity contribution is 6.04. The van der Waals surface area contributed by atoms with E-state index in [2.05, 4.69) is 53.3 Å². The van der Waals surface area contributed by atoms with Crippen molar-refractivity contribution in [3.63, 3.8) is 0 Å². The lowest BCUT2D eigenvalue weighted by Crippen LogP contribution is -2.65. The minimum absolute atomic E-state index is 0.0145. The molecule has 35 heavy (non-hydrogen) atoms. The van der Waals surface area contributed by atoms with Gasteiger partial charge < -0.3 is 0 Å². The molecule has 4 aliphatic rings. The van der Waals surface area contributed by atoms with Crippen molar-refractivity contribution in [1.82, 2.24) is 0 Å². The standard InChI is InChI=1S/C32H47NO2/c1-9-21-10-14-28(2,3)15-12-23-24(34)18-26-30(6)19-22(20-33)27(35)29(4,5)25(30)13-17-32(26,8)31(23,7)16-11-21/h9,19,21,23,25-26H,1,10-18H2,2-8H3/t21-,23?,25?,26+,30-,31+,32+/m0/s1. The molecule has 3 heteroatoms. The van der Waals surface area contributed by atoms with Gasteiger partial charge in [0.1, 0.15) is 11.9 Å². The Morgan fingerprint density at radius 3 is 2.11 bits per heavy atom. The van der Waals surface area contributed by atoms with Crippen molar-refractivity contribution >= 4 is 11.6 Å². The fraction of sp³-hybridized carbons (Fsp3) is 0.781. The highest BCUT2D eigenvalue weighted by Crippen LogP contribution is 2.72. The van der Waals surface area contributed by atoms with Gasteiger partial charge in [0.2, 0.25) is 0 Å². The number of carbonyl (C=O) groups excluding carboxylic acids is 2. The Morgan fingerprint density at radius 2 is 1.49 bits per heavy atom. The third-order valence-electron chi connectivity index (χ3n) is 12.0. The lowest BCUT2D eigenvalue weighted by atomic mass is 9.35. The number of ketones is 2. The van der Waals surface area contributed by atoms with Gasteiger partial charge in [0.25, 0.3) is 0 Å². The van der Waals surface area contributed by atoms with E-state index >= 15 is 0 Å².